The zero-order valence-electron chi connectivity index (χ0n) is 14.1. The molecular formula is C22H19NS. The zero-order chi connectivity index (χ0) is 17.1. The Kier molecular flexibility index (Phi) is 4.71. The van der Waals surface area contributed by atoms with Crippen LogP contribution in [0.5, 0.6) is 0 Å². The average molecular weight is 329 g/mol. The van der Waals surface area contributed by atoms with Crippen LogP contribution in [-0.2, 0) is 0 Å². The summed E-state index contributed by atoms with van der Waals surface area (Å²) in [5, 5.41) is 2.39. The van der Waals surface area contributed by atoms with Crippen molar-refractivity contribution in [1.29, 1.82) is 0 Å². The van der Waals surface area contributed by atoms with Crippen LogP contribution in [0.2, 0.25) is 0 Å². The summed E-state index contributed by atoms with van der Waals surface area (Å²) >= 11 is 4.63. The van der Waals surface area contributed by atoms with Crippen molar-refractivity contribution in [2.75, 3.05) is 0 Å². The van der Waals surface area contributed by atoms with Crippen LogP contribution in [0.1, 0.15) is 16.7 Å². The highest BCUT2D eigenvalue weighted by Crippen LogP contribution is 2.30. The van der Waals surface area contributed by atoms with E-state index in [0.717, 1.165) is 5.69 Å². The van der Waals surface area contributed by atoms with Gasteiger partial charge in [-0.25, -0.2) is 0 Å². The van der Waals surface area contributed by atoms with Gasteiger partial charge in [0, 0.05) is 0 Å². The fourth-order valence-electron chi connectivity index (χ4n) is 3.25. The van der Waals surface area contributed by atoms with E-state index in [1.165, 1.54) is 38.9 Å². The molecule has 0 saturated heterocycles. The molecular weight excluding hydrogens is 310 g/mol. The molecule has 1 nitrogen and oxygen atoms in total. The first-order valence-electron chi connectivity index (χ1n) is 7.95. The second-order valence-electron chi connectivity index (χ2n) is 6.10. The van der Waals surface area contributed by atoms with Gasteiger partial charge in [-0.15, -0.1) is 0 Å². The first-order chi connectivity index (χ1) is 11.6. The fourth-order valence-corrected chi connectivity index (χ4v) is 3.35. The molecule has 3 aromatic carbocycles. The van der Waals surface area contributed by atoms with Gasteiger partial charge >= 0.3 is 0 Å². The summed E-state index contributed by atoms with van der Waals surface area (Å²) in [6.45, 7) is 6.50. The molecule has 3 rings (SSSR count). The Balaban J connectivity index is 1.95. The van der Waals surface area contributed by atoms with E-state index in [-0.39, 0.29) is 0 Å². The van der Waals surface area contributed by atoms with E-state index in [0.29, 0.717) is 0 Å². The van der Waals surface area contributed by atoms with E-state index in [1.807, 2.05) is 12.1 Å². The van der Waals surface area contributed by atoms with Crippen molar-refractivity contribution in [2.24, 2.45) is 4.99 Å². The summed E-state index contributed by atoms with van der Waals surface area (Å²) in [6, 6.07) is 21.3. The zero-order valence-corrected chi connectivity index (χ0v) is 14.9. The largest absolute Gasteiger partial charge is 0.195 e. The minimum absolute atomic E-state index is 0.830. The Morgan fingerprint density at radius 3 is 1.67 bits per heavy atom. The number of hydrogen-bond donors (Lipinski definition) is 0. The molecule has 0 atom stereocenters. The average Bonchev–Trinajstić information content (AvgIpc) is 2.56. The lowest BCUT2D eigenvalue weighted by Crippen LogP contribution is -1.90. The van der Waals surface area contributed by atoms with E-state index < -0.39 is 0 Å². The molecule has 2 heteroatoms. The lowest BCUT2D eigenvalue weighted by Gasteiger charge is -2.12. The van der Waals surface area contributed by atoms with E-state index >= 15 is 0 Å². The number of thiocarbonyl (C=S) groups is 1. The quantitative estimate of drug-likeness (QED) is 0.385. The van der Waals surface area contributed by atoms with Gasteiger partial charge in [0.15, 0.2) is 0 Å². The van der Waals surface area contributed by atoms with E-state index in [4.69, 9.17) is 0 Å². The van der Waals surface area contributed by atoms with Crippen LogP contribution in [0.15, 0.2) is 65.7 Å². The van der Waals surface area contributed by atoms with E-state index in [2.05, 4.69) is 91.7 Å². The number of hydrogen-bond acceptors (Lipinski definition) is 2. The molecule has 24 heavy (non-hydrogen) atoms. The Morgan fingerprint density at radius 2 is 1.17 bits per heavy atom. The van der Waals surface area contributed by atoms with E-state index in [1.54, 1.807) is 0 Å². The van der Waals surface area contributed by atoms with Gasteiger partial charge in [-0.1, -0.05) is 54.1 Å². The van der Waals surface area contributed by atoms with Crippen LogP contribution in [-0.4, -0.2) is 5.16 Å². The van der Waals surface area contributed by atoms with Crippen molar-refractivity contribution in [3.63, 3.8) is 0 Å². The Bertz CT molecular complexity index is 892. The molecule has 0 radical (unpaired) electrons. The number of rotatable bonds is 3. The molecule has 0 aliphatic carbocycles. The van der Waals surface area contributed by atoms with Crippen LogP contribution >= 0.6 is 12.2 Å². The van der Waals surface area contributed by atoms with Gasteiger partial charge in [0.1, 0.15) is 0 Å². The van der Waals surface area contributed by atoms with E-state index in [9.17, 15) is 0 Å². The first-order valence-corrected chi connectivity index (χ1v) is 8.36. The molecule has 118 valence electrons. The first kappa shape index (κ1) is 16.3. The van der Waals surface area contributed by atoms with Crippen molar-refractivity contribution in [1.82, 2.24) is 0 Å². The summed E-state index contributed by atoms with van der Waals surface area (Å²) in [5.41, 5.74) is 9.74. The summed E-state index contributed by atoms with van der Waals surface area (Å²) in [7, 11) is 0. The molecule has 0 bridgehead atoms. The Labute approximate surface area is 148 Å². The van der Waals surface area contributed by atoms with Crippen molar-refractivity contribution in [2.45, 2.75) is 20.8 Å². The topological polar surface area (TPSA) is 12.4 Å². The smallest absolute Gasteiger partial charge is 0.0739 e. The lowest BCUT2D eigenvalue weighted by atomic mass is 9.92. The number of aryl methyl sites for hydroxylation is 3. The lowest BCUT2D eigenvalue weighted by molar-refractivity contribution is 1.32. The van der Waals surface area contributed by atoms with Crippen LogP contribution < -0.4 is 0 Å². The summed E-state index contributed by atoms with van der Waals surface area (Å²) in [6.07, 6.45) is 0. The third kappa shape index (κ3) is 3.35. The molecule has 0 aliphatic rings. The monoisotopic (exact) mass is 329 g/mol. The predicted molar refractivity (Wildman–Crippen MR) is 106 cm³/mol. The van der Waals surface area contributed by atoms with Gasteiger partial charge in [0.05, 0.1) is 10.8 Å². The van der Waals surface area contributed by atoms with Crippen LogP contribution in [0.4, 0.5) is 5.69 Å². The highest BCUT2D eigenvalue weighted by Gasteiger charge is 2.07. The Morgan fingerprint density at radius 1 is 0.708 bits per heavy atom. The number of nitrogens with zero attached hydrogens (tertiary/aromatic N) is 1. The van der Waals surface area contributed by atoms with Gasteiger partial charge in [-0.2, -0.15) is 4.99 Å². The number of isothiocyanates is 1. The number of aliphatic imine (C=N–C) groups is 1. The molecule has 0 saturated carbocycles. The standard InChI is InChI=1S/C22H19NS/c1-15-12-16(2)22(17(3)13-15)20-6-4-18(5-7-20)19-8-10-21(11-9-19)23-14-24/h4-13H,1-3H3. The third-order valence-corrected chi connectivity index (χ3v) is 4.32. The van der Waals surface area contributed by atoms with Crippen molar-refractivity contribution in [3.8, 4) is 22.3 Å². The number of benzene rings is 3. The fraction of sp³-hybridized carbons (Fsp3) is 0.136. The van der Waals surface area contributed by atoms with Gasteiger partial charge < -0.3 is 0 Å². The summed E-state index contributed by atoms with van der Waals surface area (Å²) in [5.74, 6) is 0. The molecule has 0 N–H and O–H groups in total. The van der Waals surface area contributed by atoms with Crippen LogP contribution in [0, 0.1) is 20.8 Å². The molecule has 0 spiro atoms. The van der Waals surface area contributed by atoms with Gasteiger partial charge in [0.2, 0.25) is 0 Å². The Hall–Kier alpha value is -2.54. The third-order valence-electron chi connectivity index (χ3n) is 4.23. The predicted octanol–water partition coefficient (Wildman–Crippen LogP) is 6.68. The molecule has 0 fully saturated rings. The van der Waals surface area contributed by atoms with Gasteiger partial charge in [0.25, 0.3) is 0 Å². The maximum atomic E-state index is 4.63. The van der Waals surface area contributed by atoms with Gasteiger partial charge in [-0.05, 0) is 78.5 Å². The van der Waals surface area contributed by atoms with Crippen LogP contribution in [0.25, 0.3) is 22.3 Å². The van der Waals surface area contributed by atoms with Crippen LogP contribution in [0.3, 0.4) is 0 Å². The maximum Gasteiger partial charge on any atom is 0.0739 e. The molecule has 3 aromatic rings. The van der Waals surface area contributed by atoms with Crippen molar-refractivity contribution >= 4 is 23.1 Å². The maximum absolute atomic E-state index is 4.63. The minimum atomic E-state index is 0.830. The second-order valence-corrected chi connectivity index (χ2v) is 6.28. The SMILES string of the molecule is Cc1cc(C)c(-c2ccc(-c3ccc(N=C=S)cc3)cc2)c(C)c1. The second kappa shape index (κ2) is 6.92. The highest BCUT2D eigenvalue weighted by atomic mass is 32.1. The molecule has 0 aromatic heterocycles. The minimum Gasteiger partial charge on any atom is -0.195 e. The van der Waals surface area contributed by atoms with Crippen molar-refractivity contribution < 1.29 is 0 Å². The normalized spacial score (nSPS) is 10.3. The summed E-state index contributed by atoms with van der Waals surface area (Å²) < 4.78 is 0. The van der Waals surface area contributed by atoms with Crippen molar-refractivity contribution in [3.05, 3.63) is 77.4 Å². The summed E-state index contributed by atoms with van der Waals surface area (Å²) in [4.78, 5) is 3.99. The van der Waals surface area contributed by atoms with Gasteiger partial charge in [-0.3, -0.25) is 0 Å². The molecule has 0 unspecified atom stereocenters. The highest BCUT2D eigenvalue weighted by molar-refractivity contribution is 7.78. The molecule has 0 heterocycles. The molecule has 0 amide bonds. The molecule has 0 aliphatic heterocycles.